The van der Waals surface area contributed by atoms with Crippen LogP contribution in [0.2, 0.25) is 0 Å². The molecule has 1 aliphatic heterocycles. The van der Waals surface area contributed by atoms with Crippen molar-refractivity contribution in [3.05, 3.63) is 95.2 Å². The van der Waals surface area contributed by atoms with Crippen LogP contribution in [0.5, 0.6) is 5.75 Å². The molecule has 0 amide bonds. The molecule has 186 valence electrons. The van der Waals surface area contributed by atoms with Gasteiger partial charge in [-0.25, -0.2) is 9.79 Å². The minimum atomic E-state index is -0.457. The summed E-state index contributed by atoms with van der Waals surface area (Å²) in [6, 6.07) is 24.4. The van der Waals surface area contributed by atoms with Crippen LogP contribution >= 0.6 is 0 Å². The molecular formula is C32H35NO3. The molecule has 0 atom stereocenters. The van der Waals surface area contributed by atoms with Crippen LogP contribution in [0.1, 0.15) is 69.1 Å². The lowest BCUT2D eigenvalue weighted by atomic mass is 10.00. The molecule has 0 spiro atoms. The highest BCUT2D eigenvalue weighted by Gasteiger charge is 2.24. The highest BCUT2D eigenvalue weighted by Crippen LogP contribution is 2.26. The van der Waals surface area contributed by atoms with Gasteiger partial charge in [0.2, 0.25) is 5.90 Å². The van der Waals surface area contributed by atoms with E-state index in [0.29, 0.717) is 18.3 Å². The minimum absolute atomic E-state index is 0.266. The number of aryl methyl sites for hydroxylation is 1. The Morgan fingerprint density at radius 2 is 1.42 bits per heavy atom. The Morgan fingerprint density at radius 1 is 0.778 bits per heavy atom. The van der Waals surface area contributed by atoms with Gasteiger partial charge in [0.25, 0.3) is 0 Å². The number of hydrogen-bond acceptors (Lipinski definition) is 4. The number of ether oxygens (including phenoxy) is 2. The summed E-state index contributed by atoms with van der Waals surface area (Å²) in [6.07, 6.45) is 10.8. The third kappa shape index (κ3) is 6.72. The van der Waals surface area contributed by atoms with E-state index in [1.807, 2.05) is 55.5 Å². The maximum absolute atomic E-state index is 12.4. The van der Waals surface area contributed by atoms with Crippen LogP contribution in [-0.4, -0.2) is 18.5 Å². The molecule has 4 rings (SSSR count). The normalized spacial score (nSPS) is 14.1. The molecule has 4 heteroatoms. The Balaban J connectivity index is 1.40. The van der Waals surface area contributed by atoms with Crippen molar-refractivity contribution in [2.75, 3.05) is 6.61 Å². The summed E-state index contributed by atoms with van der Waals surface area (Å²) in [4.78, 5) is 16.9. The Bertz CT molecular complexity index is 1210. The van der Waals surface area contributed by atoms with E-state index in [-0.39, 0.29) is 5.70 Å². The van der Waals surface area contributed by atoms with Crippen molar-refractivity contribution >= 4 is 17.9 Å². The van der Waals surface area contributed by atoms with Crippen LogP contribution in [0.3, 0.4) is 0 Å². The molecule has 3 aromatic carbocycles. The zero-order chi connectivity index (χ0) is 25.2. The van der Waals surface area contributed by atoms with Gasteiger partial charge in [0.15, 0.2) is 5.70 Å². The molecule has 1 aliphatic rings. The number of aliphatic imine (C=N–C) groups is 1. The van der Waals surface area contributed by atoms with Gasteiger partial charge in [-0.3, -0.25) is 0 Å². The van der Waals surface area contributed by atoms with Crippen molar-refractivity contribution < 1.29 is 14.3 Å². The van der Waals surface area contributed by atoms with Crippen molar-refractivity contribution in [3.8, 4) is 16.9 Å². The molecule has 1 heterocycles. The standard InChI is InChI=1S/C32H35NO3/c1-3-5-6-7-8-9-12-24-15-17-25(18-16-24)26-19-21-27(22-20-26)31-33-29(32(34)36-31)23-28-13-10-11-14-30(28)35-4-2/h10-11,13-23H,3-9,12H2,1-2H3. The topological polar surface area (TPSA) is 47.9 Å². The number of unbranched alkanes of at least 4 members (excludes halogenated alkanes) is 5. The number of carbonyl (C=O) groups excluding carboxylic acids is 1. The van der Waals surface area contributed by atoms with E-state index in [1.54, 1.807) is 6.08 Å². The summed E-state index contributed by atoms with van der Waals surface area (Å²) < 4.78 is 11.1. The van der Waals surface area contributed by atoms with E-state index >= 15 is 0 Å². The average Bonchev–Trinajstić information content (AvgIpc) is 3.28. The van der Waals surface area contributed by atoms with Gasteiger partial charge in [-0.2, -0.15) is 0 Å². The molecule has 36 heavy (non-hydrogen) atoms. The van der Waals surface area contributed by atoms with E-state index < -0.39 is 5.97 Å². The number of rotatable bonds is 12. The molecule has 0 saturated carbocycles. The fourth-order valence-electron chi connectivity index (χ4n) is 4.35. The zero-order valence-electron chi connectivity index (χ0n) is 21.3. The predicted octanol–water partition coefficient (Wildman–Crippen LogP) is 8.00. The summed E-state index contributed by atoms with van der Waals surface area (Å²) in [6.45, 7) is 4.73. The zero-order valence-corrected chi connectivity index (χ0v) is 21.3. The fraction of sp³-hybridized carbons (Fsp3) is 0.312. The third-order valence-electron chi connectivity index (χ3n) is 6.37. The Hall–Kier alpha value is -3.66. The van der Waals surface area contributed by atoms with Crippen LogP contribution < -0.4 is 4.74 Å². The van der Waals surface area contributed by atoms with Gasteiger partial charge >= 0.3 is 5.97 Å². The Labute approximate surface area is 214 Å². The molecule has 3 aromatic rings. The molecule has 0 fully saturated rings. The van der Waals surface area contributed by atoms with Crippen molar-refractivity contribution in [2.45, 2.75) is 58.8 Å². The second-order valence-electron chi connectivity index (χ2n) is 9.10. The number of esters is 1. The van der Waals surface area contributed by atoms with Crippen molar-refractivity contribution in [2.24, 2.45) is 4.99 Å². The molecule has 0 radical (unpaired) electrons. The lowest BCUT2D eigenvalue weighted by Crippen LogP contribution is -2.05. The molecule has 0 aliphatic carbocycles. The lowest BCUT2D eigenvalue weighted by Gasteiger charge is -2.06. The summed E-state index contributed by atoms with van der Waals surface area (Å²) in [5, 5.41) is 0. The molecule has 4 nitrogen and oxygen atoms in total. The lowest BCUT2D eigenvalue weighted by molar-refractivity contribution is -0.129. The van der Waals surface area contributed by atoms with E-state index in [4.69, 9.17) is 9.47 Å². The molecule has 0 unspecified atom stereocenters. The number of cyclic esters (lactones) is 1. The van der Waals surface area contributed by atoms with Crippen molar-refractivity contribution in [1.29, 1.82) is 0 Å². The molecule has 0 saturated heterocycles. The third-order valence-corrected chi connectivity index (χ3v) is 6.37. The second kappa shape index (κ2) is 12.9. The fourth-order valence-corrected chi connectivity index (χ4v) is 4.35. The van der Waals surface area contributed by atoms with E-state index in [9.17, 15) is 4.79 Å². The first-order chi connectivity index (χ1) is 17.7. The quantitative estimate of drug-likeness (QED) is 0.150. The summed E-state index contributed by atoms with van der Waals surface area (Å²) in [5.41, 5.74) is 5.52. The largest absolute Gasteiger partial charge is 0.493 e. The number of para-hydroxylation sites is 1. The van der Waals surface area contributed by atoms with Crippen LogP contribution in [0, 0.1) is 0 Å². The number of benzene rings is 3. The summed E-state index contributed by atoms with van der Waals surface area (Å²) in [7, 11) is 0. The second-order valence-corrected chi connectivity index (χ2v) is 9.10. The van der Waals surface area contributed by atoms with Crippen molar-refractivity contribution in [1.82, 2.24) is 0 Å². The minimum Gasteiger partial charge on any atom is -0.493 e. The highest BCUT2D eigenvalue weighted by atomic mass is 16.6. The van der Waals surface area contributed by atoms with E-state index in [1.165, 1.54) is 49.7 Å². The van der Waals surface area contributed by atoms with E-state index in [2.05, 4.69) is 36.2 Å². The SMILES string of the molecule is CCCCCCCCc1ccc(-c2ccc(C3=NC(=Cc4ccccc4OCC)C(=O)O3)cc2)cc1. The smallest absolute Gasteiger partial charge is 0.363 e. The van der Waals surface area contributed by atoms with Crippen LogP contribution in [0.4, 0.5) is 0 Å². The number of hydrogen-bond donors (Lipinski definition) is 0. The van der Waals surface area contributed by atoms with Crippen molar-refractivity contribution in [3.63, 3.8) is 0 Å². The van der Waals surface area contributed by atoms with Gasteiger partial charge in [0.1, 0.15) is 5.75 Å². The summed E-state index contributed by atoms with van der Waals surface area (Å²) in [5.74, 6) is 0.577. The maximum Gasteiger partial charge on any atom is 0.363 e. The number of nitrogens with zero attached hydrogens (tertiary/aromatic N) is 1. The first-order valence-electron chi connectivity index (χ1n) is 13.1. The molecule has 0 aromatic heterocycles. The van der Waals surface area contributed by atoms with Crippen LogP contribution in [-0.2, 0) is 16.0 Å². The van der Waals surface area contributed by atoms with Gasteiger partial charge in [-0.15, -0.1) is 0 Å². The van der Waals surface area contributed by atoms with E-state index in [0.717, 1.165) is 23.1 Å². The molecule has 0 N–H and O–H groups in total. The molecular weight excluding hydrogens is 446 g/mol. The predicted molar refractivity (Wildman–Crippen MR) is 147 cm³/mol. The number of carbonyl (C=O) groups is 1. The first-order valence-corrected chi connectivity index (χ1v) is 13.1. The van der Waals surface area contributed by atoms with Gasteiger partial charge in [-0.05, 0) is 60.7 Å². The van der Waals surface area contributed by atoms with Gasteiger partial charge in [0.05, 0.1) is 6.61 Å². The van der Waals surface area contributed by atoms with Gasteiger partial charge in [0, 0.05) is 11.1 Å². The maximum atomic E-state index is 12.4. The summed E-state index contributed by atoms with van der Waals surface area (Å²) >= 11 is 0. The van der Waals surface area contributed by atoms with Gasteiger partial charge < -0.3 is 9.47 Å². The van der Waals surface area contributed by atoms with Crippen LogP contribution in [0.25, 0.3) is 17.2 Å². The average molecular weight is 482 g/mol. The Morgan fingerprint density at radius 3 is 2.14 bits per heavy atom. The Kier molecular flexibility index (Phi) is 9.09. The first kappa shape index (κ1) is 25.4. The molecule has 0 bridgehead atoms. The highest BCUT2D eigenvalue weighted by molar-refractivity contribution is 6.13. The van der Waals surface area contributed by atoms with Gasteiger partial charge in [-0.1, -0.05) is 93.6 Å². The van der Waals surface area contributed by atoms with Crippen LogP contribution in [0.15, 0.2) is 83.5 Å². The monoisotopic (exact) mass is 481 g/mol.